The van der Waals surface area contributed by atoms with E-state index in [9.17, 15) is 0 Å². The summed E-state index contributed by atoms with van der Waals surface area (Å²) >= 11 is 0. The van der Waals surface area contributed by atoms with Crippen LogP contribution >= 0.6 is 0 Å². The minimum absolute atomic E-state index is 0.171. The predicted molar refractivity (Wildman–Crippen MR) is 345 cm³/mol. The first kappa shape index (κ1) is 50.0. The lowest BCUT2D eigenvalue weighted by atomic mass is 9.81. The predicted octanol–water partition coefficient (Wildman–Crippen LogP) is 19.8. The van der Waals surface area contributed by atoms with Crippen molar-refractivity contribution in [2.75, 3.05) is 9.80 Å². The molecule has 2 aromatic heterocycles. The molecule has 0 N–H and O–H groups in total. The molecule has 0 spiro atoms. The third kappa shape index (κ3) is 8.14. The molecule has 12 aromatic rings. The van der Waals surface area contributed by atoms with Gasteiger partial charge >= 0.3 is 0 Å². The van der Waals surface area contributed by atoms with Gasteiger partial charge < -0.3 is 0 Å². The van der Waals surface area contributed by atoms with Crippen molar-refractivity contribution >= 4 is 80.2 Å². The smallest absolute Gasteiger partial charge is 0.156 e. The SMILES string of the molecule is CC1(C)c2cc(/C=C/c3ccc4c(c3)C(C)(C)c3cc(N(c5cnccn5)c5cccc6ccccc56)ccc3-4)ccc2-c2ccc(/C=C/c3ccc4c(c3)C(C)(C)c3cc(N(c5cnccn5)c5cccc6ccccc56)ccc3-4)cc21. The summed E-state index contributed by atoms with van der Waals surface area (Å²) in [5.74, 6) is 1.56. The van der Waals surface area contributed by atoms with Gasteiger partial charge in [0.2, 0.25) is 0 Å². The number of fused-ring (bicyclic) bond motifs is 11. The summed E-state index contributed by atoms with van der Waals surface area (Å²) in [7, 11) is 0. The fourth-order valence-corrected chi connectivity index (χ4v) is 13.7. The standard InChI is InChI=1S/C77H60N6/c1-75(2)65-41-49(21-23-51-27-33-61-63-35-29-55(45-69(63)76(3,4)67(61)43-51)82(73-47-78-37-39-80-73)71-19-11-15-53-13-7-9-17-57(53)71)25-31-59(65)60-32-26-50(42-66(60)75)22-24-52-28-34-62-64-36-30-56(46-70(64)77(5,6)68(62)44-52)83(74-48-79-38-40-81-74)72-20-12-16-54-14-8-10-18-58(54)72/h7-48H,1-6H3/b23-21+,24-22+. The summed E-state index contributed by atoms with van der Waals surface area (Å²) in [6.45, 7) is 14.2. The zero-order chi connectivity index (χ0) is 56.2. The van der Waals surface area contributed by atoms with E-state index < -0.39 is 0 Å². The van der Waals surface area contributed by atoms with E-state index >= 15 is 0 Å². The number of nitrogens with zero attached hydrogens (tertiary/aromatic N) is 6. The highest BCUT2D eigenvalue weighted by Gasteiger charge is 2.39. The van der Waals surface area contributed by atoms with Gasteiger partial charge in [0.25, 0.3) is 0 Å². The van der Waals surface area contributed by atoms with Crippen LogP contribution in [0.25, 0.3) is 79.2 Å². The van der Waals surface area contributed by atoms with Crippen molar-refractivity contribution in [2.24, 2.45) is 0 Å². The number of benzene rings is 10. The van der Waals surface area contributed by atoms with E-state index in [0.29, 0.717) is 0 Å². The first-order valence-electron chi connectivity index (χ1n) is 28.7. The van der Waals surface area contributed by atoms with Crippen molar-refractivity contribution in [1.29, 1.82) is 0 Å². The molecule has 2 heterocycles. The Morgan fingerprint density at radius 3 is 0.964 bits per heavy atom. The first-order chi connectivity index (χ1) is 40.4. The Hall–Kier alpha value is -10.0. The van der Waals surface area contributed by atoms with Crippen LogP contribution in [0.1, 0.15) is 97.2 Å². The molecule has 0 fully saturated rings. The van der Waals surface area contributed by atoms with Crippen LogP contribution in [0.5, 0.6) is 0 Å². The maximum atomic E-state index is 4.81. The van der Waals surface area contributed by atoms with Crippen molar-refractivity contribution in [3.05, 3.63) is 287 Å². The maximum Gasteiger partial charge on any atom is 0.156 e. The van der Waals surface area contributed by atoms with Gasteiger partial charge in [-0.15, -0.1) is 0 Å². The summed E-state index contributed by atoms with van der Waals surface area (Å²) in [5.41, 5.74) is 24.1. The molecule has 0 radical (unpaired) electrons. The van der Waals surface area contributed by atoms with Crippen molar-refractivity contribution in [2.45, 2.75) is 57.8 Å². The second kappa shape index (κ2) is 19.0. The van der Waals surface area contributed by atoms with E-state index in [1.807, 2.05) is 12.4 Å². The molecule has 6 nitrogen and oxygen atoms in total. The normalized spacial score (nSPS) is 14.6. The van der Waals surface area contributed by atoms with Crippen LogP contribution in [-0.2, 0) is 16.2 Å². The molecular weight excluding hydrogens is 1010 g/mol. The number of anilines is 6. The highest BCUT2D eigenvalue weighted by molar-refractivity contribution is 6.01. The number of hydrogen-bond acceptors (Lipinski definition) is 6. The molecular formula is C77H60N6. The lowest BCUT2D eigenvalue weighted by Crippen LogP contribution is -2.17. The van der Waals surface area contributed by atoms with Gasteiger partial charge in [-0.05, 0) is 136 Å². The van der Waals surface area contributed by atoms with Gasteiger partial charge in [0, 0.05) is 63.2 Å². The number of rotatable bonds is 10. The van der Waals surface area contributed by atoms with Gasteiger partial charge in [0.15, 0.2) is 11.6 Å². The summed E-state index contributed by atoms with van der Waals surface area (Å²) in [5, 5.41) is 4.69. The van der Waals surface area contributed by atoms with E-state index in [1.54, 1.807) is 24.8 Å². The van der Waals surface area contributed by atoms with Crippen LogP contribution in [0.3, 0.4) is 0 Å². The van der Waals surface area contributed by atoms with E-state index in [-0.39, 0.29) is 16.2 Å². The largest absolute Gasteiger partial charge is 0.293 e. The van der Waals surface area contributed by atoms with Gasteiger partial charge in [0.05, 0.1) is 23.8 Å². The molecule has 83 heavy (non-hydrogen) atoms. The quantitative estimate of drug-likeness (QED) is 0.127. The molecule has 3 aliphatic rings. The summed E-state index contributed by atoms with van der Waals surface area (Å²) in [4.78, 5) is 23.1. The van der Waals surface area contributed by atoms with Gasteiger partial charge in [-0.3, -0.25) is 19.8 Å². The molecule has 0 amide bonds. The van der Waals surface area contributed by atoms with Gasteiger partial charge in [-0.25, -0.2) is 9.97 Å². The summed E-state index contributed by atoms with van der Waals surface area (Å²) < 4.78 is 0. The van der Waals surface area contributed by atoms with Gasteiger partial charge in [-0.2, -0.15) is 0 Å². The number of aromatic nitrogens is 4. The van der Waals surface area contributed by atoms with Crippen molar-refractivity contribution < 1.29 is 0 Å². The monoisotopic (exact) mass is 1070 g/mol. The maximum absolute atomic E-state index is 4.81. The Morgan fingerprint density at radius 2 is 0.627 bits per heavy atom. The number of hydrogen-bond donors (Lipinski definition) is 0. The van der Waals surface area contributed by atoms with Crippen LogP contribution < -0.4 is 9.80 Å². The zero-order valence-corrected chi connectivity index (χ0v) is 47.4. The first-order valence-corrected chi connectivity index (χ1v) is 28.7. The summed E-state index contributed by atoms with van der Waals surface area (Å²) in [6.07, 6.45) is 19.8. The van der Waals surface area contributed by atoms with E-state index in [0.717, 1.165) is 45.2 Å². The van der Waals surface area contributed by atoms with Crippen LogP contribution in [0.2, 0.25) is 0 Å². The van der Waals surface area contributed by atoms with Crippen molar-refractivity contribution in [1.82, 2.24) is 19.9 Å². The molecule has 6 heteroatoms. The molecule has 0 aliphatic heterocycles. The second-order valence-electron chi connectivity index (χ2n) is 24.0. The third-order valence-corrected chi connectivity index (χ3v) is 18.1. The Kier molecular flexibility index (Phi) is 11.5. The highest BCUT2D eigenvalue weighted by atomic mass is 15.2. The van der Waals surface area contributed by atoms with E-state index in [4.69, 9.17) is 9.97 Å². The topological polar surface area (TPSA) is 58.0 Å². The average molecular weight is 1070 g/mol. The lowest BCUT2D eigenvalue weighted by Gasteiger charge is -2.28. The van der Waals surface area contributed by atoms with Crippen molar-refractivity contribution in [3.63, 3.8) is 0 Å². The molecule has 0 saturated carbocycles. The Morgan fingerprint density at radius 1 is 0.313 bits per heavy atom. The molecule has 15 rings (SSSR count). The minimum atomic E-state index is -0.229. The molecule has 398 valence electrons. The molecule has 0 unspecified atom stereocenters. The fourth-order valence-electron chi connectivity index (χ4n) is 13.7. The summed E-state index contributed by atoms with van der Waals surface area (Å²) in [6, 6.07) is 71.7. The Bertz CT molecular complexity index is 4360. The second-order valence-corrected chi connectivity index (χ2v) is 24.0. The van der Waals surface area contributed by atoms with Crippen LogP contribution in [0.4, 0.5) is 34.4 Å². The fraction of sp³-hybridized carbons (Fsp3) is 0.117. The van der Waals surface area contributed by atoms with E-state index in [1.165, 1.54) is 99.8 Å². The van der Waals surface area contributed by atoms with E-state index in [2.05, 4.69) is 280 Å². The zero-order valence-electron chi connectivity index (χ0n) is 47.4. The van der Waals surface area contributed by atoms with Gasteiger partial charge in [0.1, 0.15) is 0 Å². The lowest BCUT2D eigenvalue weighted by molar-refractivity contribution is 0.660. The van der Waals surface area contributed by atoms with Crippen LogP contribution in [0.15, 0.2) is 231 Å². The third-order valence-electron chi connectivity index (χ3n) is 18.1. The van der Waals surface area contributed by atoms with Crippen LogP contribution in [-0.4, -0.2) is 19.9 Å². The Labute approximate surface area is 485 Å². The highest BCUT2D eigenvalue weighted by Crippen LogP contribution is 2.54. The van der Waals surface area contributed by atoms with Gasteiger partial charge in [-0.1, -0.05) is 224 Å². The molecule has 10 aromatic carbocycles. The molecule has 3 aliphatic carbocycles. The van der Waals surface area contributed by atoms with Crippen molar-refractivity contribution in [3.8, 4) is 33.4 Å². The molecule has 0 saturated heterocycles. The molecule has 0 bridgehead atoms. The minimum Gasteiger partial charge on any atom is -0.293 e. The van der Waals surface area contributed by atoms with Crippen LogP contribution in [0, 0.1) is 0 Å². The average Bonchev–Trinajstić information content (AvgIpc) is 4.07. The molecule has 0 atom stereocenters. The Balaban J connectivity index is 0.671.